The Hall–Kier alpha value is -1.63. The summed E-state index contributed by atoms with van der Waals surface area (Å²) in [7, 11) is 0. The molecule has 3 aliphatic rings. The Kier molecular flexibility index (Phi) is 3.37. The quantitative estimate of drug-likeness (QED) is 0.641. The number of likely N-dealkylation sites (tertiary alicyclic amines) is 1. The average Bonchev–Trinajstić information content (AvgIpc) is 2.74. The molecule has 3 saturated heterocycles. The van der Waals surface area contributed by atoms with Gasteiger partial charge in [-0.05, 0) is 25.7 Å². The van der Waals surface area contributed by atoms with Crippen LogP contribution < -0.4 is 10.6 Å². The van der Waals surface area contributed by atoms with Crippen LogP contribution in [0, 0.1) is 5.92 Å². The molecule has 7 heteroatoms. The van der Waals surface area contributed by atoms with E-state index in [0.29, 0.717) is 32.5 Å². The number of carbonyl (C=O) groups is 3. The summed E-state index contributed by atoms with van der Waals surface area (Å²) < 4.78 is 5.35. The maximum atomic E-state index is 12.4. The molecular formula is C13H19N3O4. The number of imide groups is 1. The second kappa shape index (κ2) is 5.05. The van der Waals surface area contributed by atoms with Crippen molar-refractivity contribution < 1.29 is 19.1 Å². The van der Waals surface area contributed by atoms with Crippen LogP contribution in [0.1, 0.15) is 25.7 Å². The predicted octanol–water partition coefficient (Wildman–Crippen LogP) is -0.386. The Morgan fingerprint density at radius 2 is 2.05 bits per heavy atom. The Morgan fingerprint density at radius 1 is 1.30 bits per heavy atom. The van der Waals surface area contributed by atoms with Gasteiger partial charge in [0.1, 0.15) is 5.54 Å². The molecule has 3 aliphatic heterocycles. The summed E-state index contributed by atoms with van der Waals surface area (Å²) in [4.78, 5) is 37.2. The zero-order chi connectivity index (χ0) is 14.2. The first-order valence-corrected chi connectivity index (χ1v) is 7.11. The molecule has 0 aliphatic carbocycles. The summed E-state index contributed by atoms with van der Waals surface area (Å²) >= 11 is 0. The van der Waals surface area contributed by atoms with Gasteiger partial charge in [0.15, 0.2) is 0 Å². The van der Waals surface area contributed by atoms with Gasteiger partial charge in [0.05, 0.1) is 12.5 Å². The molecule has 4 amide bonds. The molecule has 0 aromatic heterocycles. The van der Waals surface area contributed by atoms with Crippen LogP contribution >= 0.6 is 0 Å². The number of hydrogen-bond acceptors (Lipinski definition) is 4. The number of hydrogen-bond donors (Lipinski definition) is 2. The third kappa shape index (κ3) is 2.26. The minimum atomic E-state index is -0.809. The molecule has 1 spiro atoms. The number of amides is 4. The van der Waals surface area contributed by atoms with Crippen molar-refractivity contribution in [3.05, 3.63) is 0 Å². The second-order valence-electron chi connectivity index (χ2n) is 5.73. The molecule has 0 aromatic carbocycles. The summed E-state index contributed by atoms with van der Waals surface area (Å²) in [6.07, 6.45) is 2.75. The largest absolute Gasteiger partial charge is 0.381 e. The zero-order valence-electron chi connectivity index (χ0n) is 11.3. The van der Waals surface area contributed by atoms with Crippen molar-refractivity contribution in [1.82, 2.24) is 15.5 Å². The van der Waals surface area contributed by atoms with Gasteiger partial charge in [-0.2, -0.15) is 0 Å². The Labute approximate surface area is 117 Å². The lowest BCUT2D eigenvalue weighted by molar-refractivity contribution is -0.143. The summed E-state index contributed by atoms with van der Waals surface area (Å²) in [6, 6.07) is -0.435. The van der Waals surface area contributed by atoms with Crippen LogP contribution in [-0.4, -0.2) is 54.6 Å². The Balaban J connectivity index is 1.59. The molecule has 0 bridgehead atoms. The van der Waals surface area contributed by atoms with E-state index in [1.165, 1.54) is 0 Å². The van der Waals surface area contributed by atoms with E-state index in [2.05, 4.69) is 10.6 Å². The monoisotopic (exact) mass is 281 g/mol. The van der Waals surface area contributed by atoms with E-state index in [1.807, 2.05) is 0 Å². The van der Waals surface area contributed by atoms with Crippen LogP contribution in [0.3, 0.4) is 0 Å². The van der Waals surface area contributed by atoms with E-state index >= 15 is 0 Å². The third-order valence-electron chi connectivity index (χ3n) is 4.45. The molecule has 3 rings (SSSR count). The Morgan fingerprint density at radius 3 is 2.60 bits per heavy atom. The lowest BCUT2D eigenvalue weighted by Crippen LogP contribution is -2.56. The van der Waals surface area contributed by atoms with E-state index < -0.39 is 11.6 Å². The first kappa shape index (κ1) is 13.4. The van der Waals surface area contributed by atoms with E-state index in [-0.39, 0.29) is 17.7 Å². The molecule has 1 atom stereocenters. The molecule has 2 N–H and O–H groups in total. The van der Waals surface area contributed by atoms with Crippen LogP contribution in [0.4, 0.5) is 4.79 Å². The molecular weight excluding hydrogens is 262 g/mol. The van der Waals surface area contributed by atoms with Crippen LogP contribution in [0.2, 0.25) is 0 Å². The first-order chi connectivity index (χ1) is 9.61. The number of rotatable bonds is 1. The third-order valence-corrected chi connectivity index (χ3v) is 4.45. The van der Waals surface area contributed by atoms with Gasteiger partial charge in [0, 0.05) is 19.7 Å². The van der Waals surface area contributed by atoms with Crippen molar-refractivity contribution >= 4 is 17.8 Å². The molecule has 110 valence electrons. The van der Waals surface area contributed by atoms with Gasteiger partial charge >= 0.3 is 6.03 Å². The summed E-state index contributed by atoms with van der Waals surface area (Å²) in [5.41, 5.74) is -0.809. The number of carbonyl (C=O) groups excluding carboxylic acids is 3. The second-order valence-corrected chi connectivity index (χ2v) is 5.73. The fraction of sp³-hybridized carbons (Fsp3) is 0.769. The number of nitrogens with zero attached hydrogens (tertiary/aromatic N) is 1. The van der Waals surface area contributed by atoms with Crippen molar-refractivity contribution in [2.45, 2.75) is 31.2 Å². The topological polar surface area (TPSA) is 87.7 Å². The van der Waals surface area contributed by atoms with E-state index in [0.717, 1.165) is 19.4 Å². The van der Waals surface area contributed by atoms with E-state index in [1.54, 1.807) is 4.90 Å². The van der Waals surface area contributed by atoms with Gasteiger partial charge in [-0.1, -0.05) is 0 Å². The van der Waals surface area contributed by atoms with Crippen LogP contribution in [-0.2, 0) is 14.3 Å². The normalized spacial score (nSPS) is 29.2. The molecule has 0 saturated carbocycles. The van der Waals surface area contributed by atoms with Crippen LogP contribution in [0.15, 0.2) is 0 Å². The number of ether oxygens (including phenoxy) is 1. The van der Waals surface area contributed by atoms with Gasteiger partial charge in [-0.3, -0.25) is 14.9 Å². The maximum absolute atomic E-state index is 12.4. The number of nitrogens with one attached hydrogen (secondary N) is 2. The average molecular weight is 281 g/mol. The molecule has 20 heavy (non-hydrogen) atoms. The SMILES string of the molecule is O=C1NC(=O)C2(CCN(C(=O)C3CCCOC3)CC2)N1. The van der Waals surface area contributed by atoms with Crippen LogP contribution in [0.25, 0.3) is 0 Å². The van der Waals surface area contributed by atoms with Gasteiger partial charge in [0.25, 0.3) is 5.91 Å². The van der Waals surface area contributed by atoms with Gasteiger partial charge in [-0.25, -0.2) is 4.79 Å². The van der Waals surface area contributed by atoms with Gasteiger partial charge in [-0.15, -0.1) is 0 Å². The molecule has 3 heterocycles. The molecule has 0 aromatic rings. The molecule has 1 unspecified atom stereocenters. The Bertz CT molecular complexity index is 437. The highest BCUT2D eigenvalue weighted by Gasteiger charge is 2.48. The van der Waals surface area contributed by atoms with Gasteiger partial charge in [0.2, 0.25) is 5.91 Å². The van der Waals surface area contributed by atoms with Crippen molar-refractivity contribution in [2.75, 3.05) is 26.3 Å². The van der Waals surface area contributed by atoms with E-state index in [9.17, 15) is 14.4 Å². The molecule has 3 fully saturated rings. The standard InChI is InChI=1S/C13H19N3O4/c17-10(9-2-1-7-20-8-9)16-5-3-13(4-6-16)11(18)14-12(19)15-13/h9H,1-8H2,(H2,14,15,18,19). The highest BCUT2D eigenvalue weighted by molar-refractivity contribution is 6.07. The summed E-state index contributed by atoms with van der Waals surface area (Å²) in [5.74, 6) is -0.204. The molecule has 7 nitrogen and oxygen atoms in total. The highest BCUT2D eigenvalue weighted by atomic mass is 16.5. The number of piperidine rings is 1. The summed E-state index contributed by atoms with van der Waals surface area (Å²) in [6.45, 7) is 2.24. The highest BCUT2D eigenvalue weighted by Crippen LogP contribution is 2.27. The lowest BCUT2D eigenvalue weighted by Gasteiger charge is -2.38. The molecule has 0 radical (unpaired) electrons. The maximum Gasteiger partial charge on any atom is 0.322 e. The first-order valence-electron chi connectivity index (χ1n) is 7.11. The van der Waals surface area contributed by atoms with Crippen LogP contribution in [0.5, 0.6) is 0 Å². The van der Waals surface area contributed by atoms with Crippen molar-refractivity contribution in [1.29, 1.82) is 0 Å². The van der Waals surface area contributed by atoms with E-state index in [4.69, 9.17) is 4.74 Å². The summed E-state index contributed by atoms with van der Waals surface area (Å²) in [5, 5.41) is 4.97. The predicted molar refractivity (Wildman–Crippen MR) is 68.8 cm³/mol. The smallest absolute Gasteiger partial charge is 0.322 e. The van der Waals surface area contributed by atoms with Gasteiger partial charge < -0.3 is 15.0 Å². The number of urea groups is 1. The fourth-order valence-corrected chi connectivity index (χ4v) is 3.18. The minimum absolute atomic E-state index is 0.0511. The van der Waals surface area contributed by atoms with Crippen molar-refractivity contribution in [3.63, 3.8) is 0 Å². The fourth-order valence-electron chi connectivity index (χ4n) is 3.18. The van der Waals surface area contributed by atoms with Crippen molar-refractivity contribution in [3.8, 4) is 0 Å². The minimum Gasteiger partial charge on any atom is -0.381 e. The van der Waals surface area contributed by atoms with Crippen molar-refractivity contribution in [2.24, 2.45) is 5.92 Å². The zero-order valence-corrected chi connectivity index (χ0v) is 11.3. The lowest BCUT2D eigenvalue weighted by atomic mass is 9.87.